The van der Waals surface area contributed by atoms with Gasteiger partial charge in [-0.2, -0.15) is 0 Å². The summed E-state index contributed by atoms with van der Waals surface area (Å²) in [6.45, 7) is 3.42. The molecule has 1 saturated heterocycles. The largest absolute Gasteiger partial charge is 0.484 e. The van der Waals surface area contributed by atoms with E-state index in [9.17, 15) is 9.18 Å². The highest BCUT2D eigenvalue weighted by molar-refractivity contribution is 5.85. The van der Waals surface area contributed by atoms with E-state index in [-0.39, 0.29) is 36.8 Å². The van der Waals surface area contributed by atoms with E-state index >= 15 is 0 Å². The highest BCUT2D eigenvalue weighted by atomic mass is 35.5. The first kappa shape index (κ1) is 17.7. The molecule has 1 aliphatic heterocycles. The first-order chi connectivity index (χ1) is 9.56. The number of carbonyl (C=O) groups is 1. The van der Waals surface area contributed by atoms with Crippen molar-refractivity contribution in [2.45, 2.75) is 25.8 Å². The Hall–Kier alpha value is -1.33. The first-order valence-electron chi connectivity index (χ1n) is 6.98. The Balaban J connectivity index is 0.00000220. The van der Waals surface area contributed by atoms with E-state index in [1.165, 1.54) is 24.3 Å². The number of amides is 1. The van der Waals surface area contributed by atoms with Crippen molar-refractivity contribution in [3.05, 3.63) is 30.1 Å². The van der Waals surface area contributed by atoms with Crippen LogP contribution in [0.3, 0.4) is 0 Å². The predicted molar refractivity (Wildman–Crippen MR) is 82.1 cm³/mol. The first-order valence-corrected chi connectivity index (χ1v) is 6.98. The zero-order valence-electron chi connectivity index (χ0n) is 12.1. The zero-order valence-corrected chi connectivity index (χ0v) is 12.9. The fourth-order valence-electron chi connectivity index (χ4n) is 2.43. The lowest BCUT2D eigenvalue weighted by atomic mass is 9.92. The normalized spacial score (nSPS) is 19.6. The fourth-order valence-corrected chi connectivity index (χ4v) is 2.43. The molecule has 0 aromatic heterocycles. The zero-order chi connectivity index (χ0) is 14.5. The number of nitrogens with zero attached hydrogens (tertiary/aromatic N) is 1. The molecule has 2 atom stereocenters. The second kappa shape index (κ2) is 8.20. The maximum Gasteiger partial charge on any atom is 0.260 e. The quantitative estimate of drug-likeness (QED) is 0.926. The molecule has 2 unspecified atom stereocenters. The molecule has 0 radical (unpaired) electrons. The second-order valence-electron chi connectivity index (χ2n) is 5.34. The van der Waals surface area contributed by atoms with Crippen molar-refractivity contribution < 1.29 is 13.9 Å². The number of benzene rings is 1. The predicted octanol–water partition coefficient (Wildman–Crippen LogP) is 2.21. The highest BCUT2D eigenvalue weighted by Gasteiger charge is 2.25. The van der Waals surface area contributed by atoms with Crippen LogP contribution < -0.4 is 10.5 Å². The second-order valence-corrected chi connectivity index (χ2v) is 5.34. The third-order valence-corrected chi connectivity index (χ3v) is 3.73. The molecular formula is C15H22ClFN2O2. The van der Waals surface area contributed by atoms with Crippen LogP contribution >= 0.6 is 12.4 Å². The van der Waals surface area contributed by atoms with Gasteiger partial charge in [0.2, 0.25) is 0 Å². The van der Waals surface area contributed by atoms with Gasteiger partial charge in [0, 0.05) is 19.1 Å². The lowest BCUT2D eigenvalue weighted by Gasteiger charge is -2.34. The summed E-state index contributed by atoms with van der Waals surface area (Å²) >= 11 is 0. The number of hydrogen-bond donors (Lipinski definition) is 1. The number of ether oxygens (including phenoxy) is 1. The maximum atomic E-state index is 12.8. The lowest BCUT2D eigenvalue weighted by Crippen LogP contribution is -2.46. The molecule has 0 aliphatic carbocycles. The summed E-state index contributed by atoms with van der Waals surface area (Å²) in [6, 6.07) is 5.76. The van der Waals surface area contributed by atoms with E-state index in [4.69, 9.17) is 10.5 Å². The van der Waals surface area contributed by atoms with Gasteiger partial charge in [0.05, 0.1) is 0 Å². The van der Waals surface area contributed by atoms with Gasteiger partial charge in [-0.25, -0.2) is 4.39 Å². The van der Waals surface area contributed by atoms with Crippen LogP contribution in [0.2, 0.25) is 0 Å². The molecule has 21 heavy (non-hydrogen) atoms. The van der Waals surface area contributed by atoms with Crippen molar-refractivity contribution >= 4 is 18.3 Å². The van der Waals surface area contributed by atoms with Crippen LogP contribution in [0, 0.1) is 11.7 Å². The minimum Gasteiger partial charge on any atom is -0.484 e. The van der Waals surface area contributed by atoms with Crippen molar-refractivity contribution in [3.63, 3.8) is 0 Å². The summed E-state index contributed by atoms with van der Waals surface area (Å²) < 4.78 is 18.1. The number of piperidine rings is 1. The number of likely N-dealkylation sites (tertiary alicyclic amines) is 1. The minimum atomic E-state index is -0.320. The van der Waals surface area contributed by atoms with E-state index in [0.717, 1.165) is 19.4 Å². The summed E-state index contributed by atoms with van der Waals surface area (Å²) in [6.07, 6.45) is 2.05. The molecule has 2 rings (SSSR count). The van der Waals surface area contributed by atoms with Gasteiger partial charge in [0.15, 0.2) is 6.61 Å². The molecule has 4 nitrogen and oxygen atoms in total. The van der Waals surface area contributed by atoms with Crippen molar-refractivity contribution in [2.24, 2.45) is 11.7 Å². The molecule has 6 heteroatoms. The molecule has 1 fully saturated rings. The number of hydrogen-bond acceptors (Lipinski definition) is 3. The summed E-state index contributed by atoms with van der Waals surface area (Å²) in [5.41, 5.74) is 5.90. The molecule has 2 N–H and O–H groups in total. The smallest absolute Gasteiger partial charge is 0.260 e. The molecule has 1 heterocycles. The molecule has 1 aromatic carbocycles. The third kappa shape index (κ3) is 5.17. The van der Waals surface area contributed by atoms with Crippen LogP contribution in [0.25, 0.3) is 0 Å². The number of rotatable bonds is 4. The van der Waals surface area contributed by atoms with Gasteiger partial charge in [-0.05, 0) is 49.9 Å². The molecule has 1 amide bonds. The van der Waals surface area contributed by atoms with Gasteiger partial charge in [-0.1, -0.05) is 0 Å². The summed E-state index contributed by atoms with van der Waals surface area (Å²) in [5.74, 6) is 0.498. The molecule has 118 valence electrons. The SMILES string of the molecule is CC(N)C1CCCN(C(=O)COc2ccc(F)cc2)C1.Cl. The van der Waals surface area contributed by atoms with Crippen LogP contribution in [-0.2, 0) is 4.79 Å². The van der Waals surface area contributed by atoms with Crippen LogP contribution in [0.4, 0.5) is 4.39 Å². The van der Waals surface area contributed by atoms with Crippen LogP contribution in [-0.4, -0.2) is 36.5 Å². The Bertz CT molecular complexity index is 453. The number of carbonyl (C=O) groups excluding carboxylic acids is 1. The van der Waals surface area contributed by atoms with Crippen molar-refractivity contribution in [2.75, 3.05) is 19.7 Å². The number of halogens is 2. The molecule has 0 spiro atoms. The van der Waals surface area contributed by atoms with Crippen molar-refractivity contribution in [1.29, 1.82) is 0 Å². The summed E-state index contributed by atoms with van der Waals surface area (Å²) in [5, 5.41) is 0. The standard InChI is InChI=1S/C15H21FN2O2.ClH/c1-11(17)12-3-2-8-18(9-12)15(19)10-20-14-6-4-13(16)5-7-14;/h4-7,11-12H,2-3,8-10,17H2,1H3;1H. The maximum absolute atomic E-state index is 12.8. The third-order valence-electron chi connectivity index (χ3n) is 3.73. The van der Waals surface area contributed by atoms with Crippen molar-refractivity contribution in [1.82, 2.24) is 4.90 Å². The molecule has 1 aromatic rings. The minimum absolute atomic E-state index is 0. The Morgan fingerprint density at radius 2 is 2.14 bits per heavy atom. The Morgan fingerprint density at radius 3 is 2.76 bits per heavy atom. The topological polar surface area (TPSA) is 55.6 Å². The van der Waals surface area contributed by atoms with Crippen LogP contribution in [0.1, 0.15) is 19.8 Å². The molecular weight excluding hydrogens is 295 g/mol. The van der Waals surface area contributed by atoms with Crippen LogP contribution in [0.15, 0.2) is 24.3 Å². The Kier molecular flexibility index (Phi) is 6.92. The lowest BCUT2D eigenvalue weighted by molar-refractivity contribution is -0.135. The van der Waals surface area contributed by atoms with Gasteiger partial charge in [-0.15, -0.1) is 12.4 Å². The Labute approximate surface area is 130 Å². The summed E-state index contributed by atoms with van der Waals surface area (Å²) in [4.78, 5) is 13.9. The van der Waals surface area contributed by atoms with E-state index in [1.54, 1.807) is 4.90 Å². The van der Waals surface area contributed by atoms with E-state index < -0.39 is 0 Å². The van der Waals surface area contributed by atoms with E-state index in [0.29, 0.717) is 18.2 Å². The average molecular weight is 317 g/mol. The Morgan fingerprint density at radius 1 is 1.48 bits per heavy atom. The van der Waals surface area contributed by atoms with Crippen LogP contribution in [0.5, 0.6) is 5.75 Å². The molecule has 1 aliphatic rings. The fraction of sp³-hybridized carbons (Fsp3) is 0.533. The van der Waals surface area contributed by atoms with Gasteiger partial charge < -0.3 is 15.4 Å². The van der Waals surface area contributed by atoms with Crippen molar-refractivity contribution in [3.8, 4) is 5.75 Å². The summed E-state index contributed by atoms with van der Waals surface area (Å²) in [7, 11) is 0. The van der Waals surface area contributed by atoms with Gasteiger partial charge in [0.1, 0.15) is 11.6 Å². The number of nitrogens with two attached hydrogens (primary N) is 1. The molecule has 0 saturated carbocycles. The highest BCUT2D eigenvalue weighted by Crippen LogP contribution is 2.19. The average Bonchev–Trinajstić information content (AvgIpc) is 2.46. The van der Waals surface area contributed by atoms with Gasteiger partial charge in [-0.3, -0.25) is 4.79 Å². The monoisotopic (exact) mass is 316 g/mol. The van der Waals surface area contributed by atoms with E-state index in [2.05, 4.69) is 0 Å². The van der Waals surface area contributed by atoms with E-state index in [1.807, 2.05) is 6.92 Å². The van der Waals surface area contributed by atoms with Gasteiger partial charge in [0.25, 0.3) is 5.91 Å². The van der Waals surface area contributed by atoms with Gasteiger partial charge >= 0.3 is 0 Å². The molecule has 0 bridgehead atoms.